The molecule has 5 heterocycles. The second-order valence-electron chi connectivity index (χ2n) is 23.9. The van der Waals surface area contributed by atoms with Crippen molar-refractivity contribution in [3.05, 3.63) is 262 Å². The van der Waals surface area contributed by atoms with Crippen molar-refractivity contribution in [3.63, 3.8) is 0 Å². The molecule has 0 spiro atoms. The van der Waals surface area contributed by atoms with Crippen molar-refractivity contribution < 1.29 is 13.9 Å². The number of allylic oxidation sites excluding steroid dienone is 1. The number of carbonyl (C=O) groups is 1. The first-order valence-electron chi connectivity index (χ1n) is 31.7. The molecule has 1 amide bonds. The molecule has 13 nitrogen and oxygen atoms in total. The highest BCUT2D eigenvalue weighted by atomic mass is 16.5. The third-order valence-electron chi connectivity index (χ3n) is 15.6. The van der Waals surface area contributed by atoms with Gasteiger partial charge in [-0.2, -0.15) is 0 Å². The molecule has 13 heteroatoms. The fourth-order valence-electron chi connectivity index (χ4n) is 9.90. The lowest BCUT2D eigenvalue weighted by Crippen LogP contribution is -2.47. The van der Waals surface area contributed by atoms with Gasteiger partial charge in [0.05, 0.1) is 25.7 Å². The van der Waals surface area contributed by atoms with Gasteiger partial charge in [-0.3, -0.25) is 9.69 Å². The van der Waals surface area contributed by atoms with Crippen LogP contribution in [-0.2, 0) is 37.2 Å². The number of rotatable bonds is 18. The minimum absolute atomic E-state index is 0.116. The molecule has 472 valence electrons. The smallest absolute Gasteiger partial charge is 0.253 e. The van der Waals surface area contributed by atoms with Gasteiger partial charge in [-0.25, -0.2) is 9.67 Å². The van der Waals surface area contributed by atoms with Gasteiger partial charge in [0.1, 0.15) is 17.8 Å². The number of ether oxygens (including phenoxy) is 1. The Hall–Kier alpha value is -8.23. The van der Waals surface area contributed by atoms with Crippen LogP contribution in [0.25, 0.3) is 11.3 Å². The lowest BCUT2D eigenvalue weighted by Gasteiger charge is -2.32. The molecule has 2 aliphatic rings. The van der Waals surface area contributed by atoms with E-state index in [4.69, 9.17) is 9.15 Å². The summed E-state index contributed by atoms with van der Waals surface area (Å²) in [6, 6.07) is 54.9. The Morgan fingerprint density at radius 3 is 1.53 bits per heavy atom. The largest absolute Gasteiger partial charge is 0.502 e. The summed E-state index contributed by atoms with van der Waals surface area (Å²) in [7, 11) is 8.02. The molecule has 0 radical (unpaired) electrons. The van der Waals surface area contributed by atoms with Crippen LogP contribution >= 0.6 is 0 Å². The number of furan rings is 1. The van der Waals surface area contributed by atoms with Crippen LogP contribution in [0.3, 0.4) is 0 Å². The zero-order valence-corrected chi connectivity index (χ0v) is 55.2. The van der Waals surface area contributed by atoms with E-state index in [1.54, 1.807) is 24.3 Å². The van der Waals surface area contributed by atoms with Gasteiger partial charge < -0.3 is 28.4 Å². The molecule has 3 aromatic heterocycles. The van der Waals surface area contributed by atoms with Crippen molar-refractivity contribution in [2.45, 2.75) is 119 Å². The number of unbranched alkanes of at least 4 members (excludes halogenated alkanes) is 1. The Morgan fingerprint density at radius 1 is 0.562 bits per heavy atom. The third-order valence-corrected chi connectivity index (χ3v) is 15.6. The van der Waals surface area contributed by atoms with E-state index >= 15 is 0 Å². The van der Waals surface area contributed by atoms with Crippen molar-refractivity contribution in [2.24, 2.45) is 0 Å². The maximum atomic E-state index is 12.4. The first kappa shape index (κ1) is 69.9. The van der Waals surface area contributed by atoms with E-state index in [-0.39, 0.29) is 5.91 Å². The monoisotopic (exact) mass is 1200 g/mol. The molecule has 2 fully saturated rings. The number of amides is 1. The molecule has 6 aromatic carbocycles. The maximum absolute atomic E-state index is 12.4. The second kappa shape index (κ2) is 38.9. The molecule has 0 aliphatic carbocycles. The molecule has 0 atom stereocenters. The number of benzene rings is 6. The number of piperidine rings is 1. The van der Waals surface area contributed by atoms with Gasteiger partial charge in [-0.15, -0.1) is 5.10 Å². The minimum Gasteiger partial charge on any atom is -0.502 e. The van der Waals surface area contributed by atoms with Crippen molar-refractivity contribution in [1.29, 1.82) is 0 Å². The van der Waals surface area contributed by atoms with Crippen LogP contribution < -0.4 is 0 Å². The quantitative estimate of drug-likeness (QED) is 0.0608. The number of likely N-dealkylation sites (tertiary alicyclic amines) is 1. The highest BCUT2D eigenvalue weighted by molar-refractivity contribution is 5.94. The second-order valence-corrected chi connectivity index (χ2v) is 23.9. The number of tetrazole rings is 1. The van der Waals surface area contributed by atoms with Crippen LogP contribution in [0.5, 0.6) is 0 Å². The number of piperazine rings is 1. The predicted octanol–water partition coefficient (Wildman–Crippen LogP) is 15.3. The van der Waals surface area contributed by atoms with Gasteiger partial charge in [-0.1, -0.05) is 174 Å². The van der Waals surface area contributed by atoms with E-state index in [9.17, 15) is 4.79 Å². The minimum atomic E-state index is 0.116. The van der Waals surface area contributed by atoms with Crippen LogP contribution in [0.2, 0.25) is 0 Å². The molecule has 0 bridgehead atoms. The molecule has 0 unspecified atom stereocenters. The highest BCUT2D eigenvalue weighted by Gasteiger charge is 2.20. The maximum Gasteiger partial charge on any atom is 0.253 e. The van der Waals surface area contributed by atoms with Gasteiger partial charge in [0.15, 0.2) is 0 Å². The first-order valence-corrected chi connectivity index (χ1v) is 31.7. The molecule has 0 saturated carbocycles. The van der Waals surface area contributed by atoms with Crippen LogP contribution in [0.4, 0.5) is 0 Å². The fraction of sp³-hybridized carbons (Fsp3) is 0.382. The summed E-state index contributed by atoms with van der Waals surface area (Å²) < 4.78 is 14.4. The molecule has 9 aromatic rings. The summed E-state index contributed by atoms with van der Waals surface area (Å²) in [6.45, 7) is 26.3. The molecular formula is C76H100N10O3. The van der Waals surface area contributed by atoms with Crippen molar-refractivity contribution in [3.8, 4) is 11.3 Å². The lowest BCUT2D eigenvalue weighted by atomic mass is 10.1. The summed E-state index contributed by atoms with van der Waals surface area (Å²) in [5.41, 5.74) is 15.1. The SMILES string of the molecule is C=C(CCCc1ccc(C)cc1)OC.Cc1ccc(-c2ccc(C(=O)N3CCN(C)CC3)cc2)o1.Cc1ccc(CCCCN(C)C)cc1.Cc1ccc(CN2CCCCC2)cc1.Cc1ccc(Cn2ccnc2)cc1.Cc1ccc(Cn2cnnn2)cc1. The van der Waals surface area contributed by atoms with E-state index in [0.29, 0.717) is 0 Å². The summed E-state index contributed by atoms with van der Waals surface area (Å²) in [5.74, 6) is 2.72. The zero-order valence-electron chi connectivity index (χ0n) is 55.2. The van der Waals surface area contributed by atoms with E-state index in [1.165, 1.54) is 114 Å². The normalized spacial score (nSPS) is 13.0. The Bertz CT molecular complexity index is 3230. The van der Waals surface area contributed by atoms with Gasteiger partial charge >= 0.3 is 0 Å². The van der Waals surface area contributed by atoms with Crippen LogP contribution in [0, 0.1) is 41.5 Å². The Balaban J connectivity index is 0.000000172. The van der Waals surface area contributed by atoms with Crippen molar-refractivity contribution in [1.82, 2.24) is 49.4 Å². The number of methoxy groups -OCH3 is 1. The van der Waals surface area contributed by atoms with Gasteiger partial charge in [-0.05, 0) is 190 Å². The van der Waals surface area contributed by atoms with Crippen molar-refractivity contribution >= 4 is 5.91 Å². The number of nitrogens with zero attached hydrogens (tertiary/aromatic N) is 10. The summed E-state index contributed by atoms with van der Waals surface area (Å²) in [6.07, 6.45) is 18.4. The Labute approximate surface area is 533 Å². The van der Waals surface area contributed by atoms with E-state index in [0.717, 1.165) is 93.5 Å². The number of aromatic nitrogens is 6. The standard InChI is InChI=1S/C17H20N2O2.C13H19N.C13H21N.C13H18O.C11H12N2.C9H10N4/c1-13-3-8-16(21-13)14-4-6-15(7-5-14)17(20)19-11-9-18(2)10-12-19;1-12-5-7-13(8-6-12)11-14-9-3-2-4-10-14;1-12-7-9-13(10-8-12)6-4-5-11-14(2)3;1-11-7-9-13(10-8-11)6-4-5-12(2)14-3;1-10-2-4-11(5-3-10)8-13-7-6-12-9-13;1-8-2-4-9(5-3-8)6-13-7-10-11-12-13/h3-8H,9-12H2,1-2H3;5-8H,2-4,9-11H2,1H3;7-10H,4-6,11H2,1-3H3;7-10H,2,4-6H2,1,3H3;2-7,9H,8H2,1H3;2-5,7H,6H2,1H3. The molecule has 89 heavy (non-hydrogen) atoms. The van der Waals surface area contributed by atoms with Crippen molar-refractivity contribution in [2.75, 3.05) is 74.1 Å². The van der Waals surface area contributed by atoms with E-state index in [2.05, 4.69) is 223 Å². The topological polar surface area (TPSA) is 114 Å². The third kappa shape index (κ3) is 27.8. The first-order chi connectivity index (χ1) is 43.1. The number of imidazole rings is 1. The summed E-state index contributed by atoms with van der Waals surface area (Å²) in [4.78, 5) is 25.4. The summed E-state index contributed by atoms with van der Waals surface area (Å²) in [5, 5.41) is 10.9. The zero-order chi connectivity index (χ0) is 63.6. The Morgan fingerprint density at radius 2 is 1.07 bits per heavy atom. The lowest BCUT2D eigenvalue weighted by molar-refractivity contribution is 0.0664. The number of hydrogen-bond acceptors (Lipinski definition) is 10. The van der Waals surface area contributed by atoms with E-state index in [1.807, 2.05) is 60.7 Å². The Kier molecular flexibility index (Phi) is 30.6. The molecule has 2 saturated heterocycles. The van der Waals surface area contributed by atoms with Crippen LogP contribution in [-0.4, -0.2) is 129 Å². The van der Waals surface area contributed by atoms with Crippen LogP contribution in [0.15, 0.2) is 200 Å². The average Bonchev–Trinajstić information content (AvgIpc) is 4.54. The number of likely N-dealkylation sites (N-methyl/N-ethyl adjacent to an activating group) is 1. The van der Waals surface area contributed by atoms with E-state index < -0.39 is 0 Å². The van der Waals surface area contributed by atoms with Gasteiger partial charge in [0, 0.05) is 69.2 Å². The fourth-order valence-corrected chi connectivity index (χ4v) is 9.90. The average molecular weight is 1200 g/mol. The van der Waals surface area contributed by atoms with Gasteiger partial charge in [0.25, 0.3) is 5.91 Å². The van der Waals surface area contributed by atoms with Crippen LogP contribution in [0.1, 0.15) is 117 Å². The number of hydrogen-bond donors (Lipinski definition) is 0. The number of aryl methyl sites for hydroxylation is 8. The summed E-state index contributed by atoms with van der Waals surface area (Å²) >= 11 is 0. The predicted molar refractivity (Wildman–Crippen MR) is 366 cm³/mol. The van der Waals surface area contributed by atoms with Gasteiger partial charge in [0.2, 0.25) is 0 Å². The molecular weight excluding hydrogens is 1100 g/mol. The number of carbonyl (C=O) groups excluding carboxylic acids is 1. The highest BCUT2D eigenvalue weighted by Crippen LogP contribution is 2.23. The molecule has 0 N–H and O–H groups in total. The molecule has 2 aliphatic heterocycles. The molecule has 11 rings (SSSR count).